The zero-order valence-corrected chi connectivity index (χ0v) is 11.1. The summed E-state index contributed by atoms with van der Waals surface area (Å²) in [6, 6.07) is 7.22. The Kier molecular flexibility index (Phi) is 2.74. The van der Waals surface area contributed by atoms with Gasteiger partial charge in [-0.3, -0.25) is 0 Å². The molecule has 1 N–H and O–H groups in total. The molecule has 1 aliphatic carbocycles. The molecule has 92 valence electrons. The Labute approximate surface area is 105 Å². The van der Waals surface area contributed by atoms with Crippen molar-refractivity contribution < 1.29 is 0 Å². The van der Waals surface area contributed by atoms with E-state index in [2.05, 4.69) is 37.4 Å². The molecule has 1 heterocycles. The summed E-state index contributed by atoms with van der Waals surface area (Å²) in [6.07, 6.45) is 5.59. The van der Waals surface area contributed by atoms with E-state index in [1.165, 1.54) is 37.8 Å². The fraction of sp³-hybridized carbons (Fsp3) is 0.625. The molecule has 0 amide bonds. The maximum absolute atomic E-state index is 3.64. The molecule has 1 aromatic carbocycles. The van der Waals surface area contributed by atoms with E-state index in [1.54, 1.807) is 11.1 Å². The van der Waals surface area contributed by atoms with Gasteiger partial charge < -0.3 is 5.32 Å². The first kappa shape index (κ1) is 11.3. The number of benzene rings is 1. The second kappa shape index (κ2) is 4.13. The van der Waals surface area contributed by atoms with Crippen LogP contribution >= 0.6 is 0 Å². The Balaban J connectivity index is 2.04. The molecule has 1 spiro atoms. The van der Waals surface area contributed by atoms with Crippen LogP contribution in [0.15, 0.2) is 18.2 Å². The molecule has 0 aromatic heterocycles. The minimum Gasteiger partial charge on any atom is -0.312 e. The van der Waals surface area contributed by atoms with Crippen LogP contribution in [0.4, 0.5) is 0 Å². The van der Waals surface area contributed by atoms with E-state index in [0.29, 0.717) is 11.3 Å². The smallest absolute Gasteiger partial charge is 0.0208 e. The van der Waals surface area contributed by atoms with Gasteiger partial charge in [-0.15, -0.1) is 0 Å². The molecule has 3 rings (SSSR count). The molecular formula is C16H23N. The van der Waals surface area contributed by atoms with Gasteiger partial charge in [-0.05, 0) is 35.4 Å². The Morgan fingerprint density at radius 3 is 2.65 bits per heavy atom. The normalized spacial score (nSPS) is 22.1. The van der Waals surface area contributed by atoms with Crippen molar-refractivity contribution in [1.29, 1.82) is 0 Å². The standard InChI is InChI=1S/C16H23N/c1-12(2)13-5-6-15-14(9-13)10-17-11-16(15)7-3-4-8-16/h5-6,9,12,17H,3-4,7-8,10-11H2,1-2H3. The molecule has 0 bridgehead atoms. The van der Waals surface area contributed by atoms with E-state index in [9.17, 15) is 0 Å². The fourth-order valence-corrected chi connectivity index (χ4v) is 3.67. The van der Waals surface area contributed by atoms with E-state index in [4.69, 9.17) is 0 Å². The van der Waals surface area contributed by atoms with Crippen LogP contribution < -0.4 is 5.32 Å². The number of fused-ring (bicyclic) bond motifs is 2. The van der Waals surface area contributed by atoms with Gasteiger partial charge in [0.25, 0.3) is 0 Å². The van der Waals surface area contributed by atoms with Gasteiger partial charge in [-0.25, -0.2) is 0 Å². The molecule has 0 atom stereocenters. The first-order chi connectivity index (χ1) is 8.21. The van der Waals surface area contributed by atoms with Crippen molar-refractivity contribution in [1.82, 2.24) is 5.32 Å². The summed E-state index contributed by atoms with van der Waals surface area (Å²) in [5, 5.41) is 3.64. The lowest BCUT2D eigenvalue weighted by Crippen LogP contribution is -2.41. The monoisotopic (exact) mass is 229 g/mol. The first-order valence-electron chi connectivity index (χ1n) is 7.05. The molecule has 0 saturated heterocycles. The number of hydrogen-bond acceptors (Lipinski definition) is 1. The van der Waals surface area contributed by atoms with Gasteiger partial charge in [0.2, 0.25) is 0 Å². The summed E-state index contributed by atoms with van der Waals surface area (Å²) < 4.78 is 0. The maximum atomic E-state index is 3.64. The summed E-state index contributed by atoms with van der Waals surface area (Å²) in [4.78, 5) is 0. The van der Waals surface area contributed by atoms with E-state index < -0.39 is 0 Å². The van der Waals surface area contributed by atoms with Crippen molar-refractivity contribution in [2.45, 2.75) is 57.4 Å². The summed E-state index contributed by atoms with van der Waals surface area (Å²) in [5.41, 5.74) is 5.17. The van der Waals surface area contributed by atoms with Crippen molar-refractivity contribution in [3.63, 3.8) is 0 Å². The highest BCUT2D eigenvalue weighted by molar-refractivity contribution is 5.41. The third-order valence-corrected chi connectivity index (χ3v) is 4.71. The van der Waals surface area contributed by atoms with Crippen LogP contribution in [0.25, 0.3) is 0 Å². The van der Waals surface area contributed by atoms with Crippen molar-refractivity contribution in [3.05, 3.63) is 34.9 Å². The summed E-state index contributed by atoms with van der Waals surface area (Å²) in [6.45, 7) is 6.82. The zero-order valence-electron chi connectivity index (χ0n) is 11.1. The molecule has 1 aromatic rings. The highest BCUT2D eigenvalue weighted by Gasteiger charge is 2.38. The van der Waals surface area contributed by atoms with E-state index in [0.717, 1.165) is 6.54 Å². The second-order valence-corrected chi connectivity index (χ2v) is 6.16. The molecule has 1 aliphatic heterocycles. The van der Waals surface area contributed by atoms with Crippen LogP contribution in [0.5, 0.6) is 0 Å². The average Bonchev–Trinajstić information content (AvgIpc) is 2.78. The molecule has 1 nitrogen and oxygen atoms in total. The molecular weight excluding hydrogens is 206 g/mol. The largest absolute Gasteiger partial charge is 0.312 e. The third-order valence-electron chi connectivity index (χ3n) is 4.71. The summed E-state index contributed by atoms with van der Waals surface area (Å²) >= 11 is 0. The van der Waals surface area contributed by atoms with E-state index >= 15 is 0 Å². The molecule has 1 saturated carbocycles. The zero-order chi connectivity index (χ0) is 11.9. The van der Waals surface area contributed by atoms with Crippen molar-refractivity contribution in [2.24, 2.45) is 0 Å². The average molecular weight is 229 g/mol. The highest BCUT2D eigenvalue weighted by Crippen LogP contribution is 2.44. The number of hydrogen-bond donors (Lipinski definition) is 1. The van der Waals surface area contributed by atoms with Gasteiger partial charge in [-0.2, -0.15) is 0 Å². The predicted molar refractivity (Wildman–Crippen MR) is 72.4 cm³/mol. The molecule has 0 unspecified atom stereocenters. The van der Waals surface area contributed by atoms with Crippen LogP contribution in [-0.4, -0.2) is 6.54 Å². The fourth-order valence-electron chi connectivity index (χ4n) is 3.67. The predicted octanol–water partition coefficient (Wildman–Crippen LogP) is 3.73. The van der Waals surface area contributed by atoms with Crippen LogP contribution in [0, 0.1) is 0 Å². The minimum absolute atomic E-state index is 0.475. The summed E-state index contributed by atoms with van der Waals surface area (Å²) in [5.74, 6) is 0.641. The molecule has 2 aliphatic rings. The lowest BCUT2D eigenvalue weighted by atomic mass is 9.74. The van der Waals surface area contributed by atoms with Gasteiger partial charge in [0.1, 0.15) is 0 Å². The molecule has 1 fully saturated rings. The second-order valence-electron chi connectivity index (χ2n) is 6.16. The van der Waals surface area contributed by atoms with Gasteiger partial charge in [0.15, 0.2) is 0 Å². The first-order valence-corrected chi connectivity index (χ1v) is 7.05. The molecule has 1 heteroatoms. The highest BCUT2D eigenvalue weighted by atomic mass is 14.9. The maximum Gasteiger partial charge on any atom is 0.0208 e. The van der Waals surface area contributed by atoms with Crippen molar-refractivity contribution >= 4 is 0 Å². The van der Waals surface area contributed by atoms with Crippen molar-refractivity contribution in [3.8, 4) is 0 Å². The summed E-state index contributed by atoms with van der Waals surface area (Å²) in [7, 11) is 0. The van der Waals surface area contributed by atoms with E-state index in [-0.39, 0.29) is 0 Å². The van der Waals surface area contributed by atoms with Gasteiger partial charge in [0.05, 0.1) is 0 Å². The SMILES string of the molecule is CC(C)c1ccc2c(c1)CNCC21CCCC1. The number of nitrogens with one attached hydrogen (secondary N) is 1. The lowest BCUT2D eigenvalue weighted by molar-refractivity contribution is 0.376. The molecule has 17 heavy (non-hydrogen) atoms. The topological polar surface area (TPSA) is 12.0 Å². The van der Waals surface area contributed by atoms with Crippen LogP contribution in [0.2, 0.25) is 0 Å². The Morgan fingerprint density at radius 2 is 1.94 bits per heavy atom. The quantitative estimate of drug-likeness (QED) is 0.774. The Bertz CT molecular complexity index is 414. The minimum atomic E-state index is 0.475. The van der Waals surface area contributed by atoms with Gasteiger partial charge >= 0.3 is 0 Å². The Morgan fingerprint density at radius 1 is 1.18 bits per heavy atom. The number of rotatable bonds is 1. The van der Waals surface area contributed by atoms with Crippen LogP contribution in [0.1, 0.15) is 62.1 Å². The van der Waals surface area contributed by atoms with Gasteiger partial charge in [-0.1, -0.05) is 44.9 Å². The van der Waals surface area contributed by atoms with Crippen LogP contribution in [0.3, 0.4) is 0 Å². The van der Waals surface area contributed by atoms with Crippen LogP contribution in [-0.2, 0) is 12.0 Å². The lowest BCUT2D eigenvalue weighted by Gasteiger charge is -2.37. The third kappa shape index (κ3) is 1.81. The van der Waals surface area contributed by atoms with E-state index in [1.807, 2.05) is 0 Å². The Hall–Kier alpha value is -0.820. The van der Waals surface area contributed by atoms with Gasteiger partial charge in [0, 0.05) is 18.5 Å². The van der Waals surface area contributed by atoms with Crippen molar-refractivity contribution in [2.75, 3.05) is 6.54 Å². The molecule has 0 radical (unpaired) electrons.